The second kappa shape index (κ2) is 6.25. The van der Waals surface area contributed by atoms with Crippen molar-refractivity contribution in [3.8, 4) is 11.3 Å². The maximum Gasteiger partial charge on any atom is 0.272 e. The van der Waals surface area contributed by atoms with Crippen molar-refractivity contribution in [1.29, 1.82) is 0 Å². The van der Waals surface area contributed by atoms with E-state index in [1.165, 1.54) is 0 Å². The molecule has 8 heteroatoms. The van der Waals surface area contributed by atoms with E-state index >= 15 is 0 Å². The number of nitrogens with zero attached hydrogens (tertiary/aromatic N) is 4. The number of pyridine rings is 1. The number of hydrogen-bond acceptors (Lipinski definition) is 5. The number of H-pyrrole nitrogens is 2. The van der Waals surface area contributed by atoms with Gasteiger partial charge in [0, 0.05) is 30.7 Å². The zero-order valence-electron chi connectivity index (χ0n) is 12.8. The summed E-state index contributed by atoms with van der Waals surface area (Å²) < 4.78 is 5.52. The van der Waals surface area contributed by atoms with Crippen molar-refractivity contribution in [1.82, 2.24) is 30.3 Å². The summed E-state index contributed by atoms with van der Waals surface area (Å²) in [7, 11) is 0. The number of aromatic amines is 2. The van der Waals surface area contributed by atoms with Gasteiger partial charge in [-0.25, -0.2) is 0 Å². The third-order valence-corrected chi connectivity index (χ3v) is 4.04. The molecule has 0 aliphatic carbocycles. The fourth-order valence-corrected chi connectivity index (χ4v) is 2.80. The first kappa shape index (κ1) is 14.6. The molecular weight excluding hydrogens is 308 g/mol. The van der Waals surface area contributed by atoms with Crippen molar-refractivity contribution in [3.63, 3.8) is 0 Å². The molecule has 0 spiro atoms. The van der Waals surface area contributed by atoms with Crippen molar-refractivity contribution in [2.75, 3.05) is 19.8 Å². The number of ether oxygens (including phenoxy) is 1. The fraction of sp³-hybridized carbons (Fsp3) is 0.250. The van der Waals surface area contributed by atoms with Crippen LogP contribution in [0.4, 0.5) is 0 Å². The van der Waals surface area contributed by atoms with Gasteiger partial charge in [-0.3, -0.25) is 20.0 Å². The third-order valence-electron chi connectivity index (χ3n) is 4.04. The lowest BCUT2D eigenvalue weighted by atomic mass is 10.1. The Bertz CT molecular complexity index is 814. The first-order valence-corrected chi connectivity index (χ1v) is 7.67. The van der Waals surface area contributed by atoms with Crippen LogP contribution in [0.15, 0.2) is 42.9 Å². The third kappa shape index (κ3) is 2.67. The minimum Gasteiger partial charge on any atom is -0.377 e. The number of amides is 1. The molecule has 0 saturated carbocycles. The van der Waals surface area contributed by atoms with Gasteiger partial charge in [0.2, 0.25) is 0 Å². The van der Waals surface area contributed by atoms with Crippen molar-refractivity contribution >= 4 is 5.91 Å². The predicted octanol–water partition coefficient (Wildman–Crippen LogP) is 1.41. The van der Waals surface area contributed by atoms with Crippen LogP contribution in [0.2, 0.25) is 0 Å². The monoisotopic (exact) mass is 324 g/mol. The topological polar surface area (TPSA) is 99.8 Å². The van der Waals surface area contributed by atoms with Crippen LogP contribution in [0.3, 0.4) is 0 Å². The highest BCUT2D eigenvalue weighted by Gasteiger charge is 2.31. The molecule has 122 valence electrons. The van der Waals surface area contributed by atoms with Gasteiger partial charge in [0.05, 0.1) is 30.6 Å². The predicted molar refractivity (Wildman–Crippen MR) is 85.0 cm³/mol. The number of carbonyl (C=O) groups excluding carboxylic acids is 1. The first-order valence-electron chi connectivity index (χ1n) is 7.67. The number of aromatic nitrogens is 5. The minimum absolute atomic E-state index is 0.111. The average molecular weight is 324 g/mol. The fourth-order valence-electron chi connectivity index (χ4n) is 2.80. The van der Waals surface area contributed by atoms with E-state index in [2.05, 4.69) is 25.4 Å². The molecule has 1 aliphatic rings. The molecule has 2 N–H and O–H groups in total. The summed E-state index contributed by atoms with van der Waals surface area (Å²) in [5.74, 6) is -0.111. The average Bonchev–Trinajstić information content (AvgIpc) is 3.34. The molecule has 8 nitrogen and oxygen atoms in total. The van der Waals surface area contributed by atoms with E-state index in [9.17, 15) is 4.79 Å². The summed E-state index contributed by atoms with van der Waals surface area (Å²) in [5.41, 5.74) is 2.85. The van der Waals surface area contributed by atoms with Gasteiger partial charge in [-0.15, -0.1) is 0 Å². The molecule has 0 radical (unpaired) electrons. The SMILES string of the molecule is O=C(c1cc(-c2cccnc2)n[nH]1)N1CCOC[C@H]1c1ccn[nH]1. The molecule has 4 heterocycles. The highest BCUT2D eigenvalue weighted by Crippen LogP contribution is 2.25. The molecule has 1 fully saturated rings. The molecule has 1 atom stereocenters. The lowest BCUT2D eigenvalue weighted by Gasteiger charge is -2.34. The van der Waals surface area contributed by atoms with Crippen LogP contribution in [0.1, 0.15) is 22.2 Å². The maximum absolute atomic E-state index is 12.9. The Kier molecular flexibility index (Phi) is 3.80. The quantitative estimate of drug-likeness (QED) is 0.759. The van der Waals surface area contributed by atoms with E-state index in [0.717, 1.165) is 11.3 Å². The van der Waals surface area contributed by atoms with E-state index in [0.29, 0.717) is 31.1 Å². The lowest BCUT2D eigenvalue weighted by Crippen LogP contribution is -2.43. The van der Waals surface area contributed by atoms with Gasteiger partial charge in [-0.1, -0.05) is 0 Å². The number of hydrogen-bond donors (Lipinski definition) is 2. The molecular formula is C16H16N6O2. The van der Waals surface area contributed by atoms with Gasteiger partial charge in [-0.05, 0) is 24.3 Å². The standard InChI is InChI=1S/C16H16N6O2/c23-16(14-8-13(20-21-14)11-2-1-4-17-9-11)22-6-7-24-10-15(22)12-3-5-18-19-12/h1-5,8-9,15H,6-7,10H2,(H,18,19)(H,20,21)/t15-/m0/s1. The molecule has 0 bridgehead atoms. The zero-order chi connectivity index (χ0) is 16.4. The normalized spacial score (nSPS) is 17.8. The Labute approximate surface area is 137 Å². The summed E-state index contributed by atoms with van der Waals surface area (Å²) in [6.45, 7) is 1.47. The van der Waals surface area contributed by atoms with E-state index in [1.807, 2.05) is 18.2 Å². The number of nitrogens with one attached hydrogen (secondary N) is 2. The summed E-state index contributed by atoms with van der Waals surface area (Å²) >= 11 is 0. The maximum atomic E-state index is 12.9. The van der Waals surface area contributed by atoms with Crippen molar-refractivity contribution in [2.24, 2.45) is 0 Å². The Hall–Kier alpha value is -3.00. The highest BCUT2D eigenvalue weighted by atomic mass is 16.5. The molecule has 1 aliphatic heterocycles. The summed E-state index contributed by atoms with van der Waals surface area (Å²) in [5, 5.41) is 13.9. The second-order valence-corrected chi connectivity index (χ2v) is 5.51. The van der Waals surface area contributed by atoms with Crippen LogP contribution in [0.5, 0.6) is 0 Å². The Balaban J connectivity index is 1.59. The summed E-state index contributed by atoms with van der Waals surface area (Å²) in [6.07, 6.45) is 5.08. The minimum atomic E-state index is -0.182. The lowest BCUT2D eigenvalue weighted by molar-refractivity contribution is -0.00422. The van der Waals surface area contributed by atoms with E-state index in [-0.39, 0.29) is 11.9 Å². The Morgan fingerprint density at radius 2 is 2.25 bits per heavy atom. The van der Waals surface area contributed by atoms with Crippen LogP contribution < -0.4 is 0 Å². The molecule has 1 saturated heterocycles. The molecule has 24 heavy (non-hydrogen) atoms. The number of rotatable bonds is 3. The van der Waals surface area contributed by atoms with Gasteiger partial charge < -0.3 is 9.64 Å². The molecule has 0 aromatic carbocycles. The van der Waals surface area contributed by atoms with Gasteiger partial charge in [0.1, 0.15) is 5.69 Å². The number of carbonyl (C=O) groups is 1. The smallest absolute Gasteiger partial charge is 0.272 e. The van der Waals surface area contributed by atoms with E-state index in [4.69, 9.17) is 4.74 Å². The van der Waals surface area contributed by atoms with Crippen LogP contribution >= 0.6 is 0 Å². The van der Waals surface area contributed by atoms with Crippen molar-refractivity contribution in [3.05, 3.63) is 54.2 Å². The van der Waals surface area contributed by atoms with Crippen LogP contribution in [-0.2, 0) is 4.74 Å². The number of morpholine rings is 1. The van der Waals surface area contributed by atoms with Crippen LogP contribution in [0.25, 0.3) is 11.3 Å². The van der Waals surface area contributed by atoms with Gasteiger partial charge >= 0.3 is 0 Å². The van der Waals surface area contributed by atoms with Gasteiger partial charge in [0.15, 0.2) is 0 Å². The summed E-state index contributed by atoms with van der Waals surface area (Å²) in [4.78, 5) is 18.7. The van der Waals surface area contributed by atoms with Crippen molar-refractivity contribution in [2.45, 2.75) is 6.04 Å². The first-order chi connectivity index (χ1) is 11.8. The molecule has 3 aromatic heterocycles. The van der Waals surface area contributed by atoms with E-state index < -0.39 is 0 Å². The highest BCUT2D eigenvalue weighted by molar-refractivity contribution is 5.93. The molecule has 0 unspecified atom stereocenters. The molecule has 3 aromatic rings. The van der Waals surface area contributed by atoms with Crippen LogP contribution in [-0.4, -0.2) is 55.9 Å². The van der Waals surface area contributed by atoms with Gasteiger partial charge in [-0.2, -0.15) is 10.2 Å². The van der Waals surface area contributed by atoms with Crippen molar-refractivity contribution < 1.29 is 9.53 Å². The molecule has 1 amide bonds. The molecule has 4 rings (SSSR count). The second-order valence-electron chi connectivity index (χ2n) is 5.51. The largest absolute Gasteiger partial charge is 0.377 e. The Morgan fingerprint density at radius 1 is 1.29 bits per heavy atom. The Morgan fingerprint density at radius 3 is 3.04 bits per heavy atom. The van der Waals surface area contributed by atoms with E-state index in [1.54, 1.807) is 29.6 Å². The van der Waals surface area contributed by atoms with Gasteiger partial charge in [0.25, 0.3) is 5.91 Å². The van der Waals surface area contributed by atoms with Crippen LogP contribution in [0, 0.1) is 0 Å². The summed E-state index contributed by atoms with van der Waals surface area (Å²) in [6, 6.07) is 7.16. The zero-order valence-corrected chi connectivity index (χ0v) is 12.8.